The van der Waals surface area contributed by atoms with Crippen molar-refractivity contribution in [3.63, 3.8) is 0 Å². The van der Waals surface area contributed by atoms with Crippen molar-refractivity contribution in [2.45, 2.75) is 25.3 Å². The summed E-state index contributed by atoms with van der Waals surface area (Å²) in [4.78, 5) is 26.5. The van der Waals surface area contributed by atoms with Gasteiger partial charge in [0.1, 0.15) is 5.75 Å². The van der Waals surface area contributed by atoms with E-state index in [4.69, 9.17) is 4.74 Å². The highest BCUT2D eigenvalue weighted by Crippen LogP contribution is 2.46. The molecule has 2 atom stereocenters. The third-order valence-corrected chi connectivity index (χ3v) is 6.28. The monoisotopic (exact) mass is 455 g/mol. The summed E-state index contributed by atoms with van der Waals surface area (Å²) in [6, 6.07) is 26.0. The number of nitrogens with zero attached hydrogens (tertiary/aromatic N) is 1. The molecule has 1 amide bonds. The fourth-order valence-electron chi connectivity index (χ4n) is 4.45. The molecule has 5 nitrogen and oxygen atoms in total. The predicted molar refractivity (Wildman–Crippen MR) is 134 cm³/mol. The number of aryl methyl sites for hydroxylation is 1. The molecule has 1 unspecified atom stereocenters. The highest BCUT2D eigenvalue weighted by molar-refractivity contribution is 6.03. The van der Waals surface area contributed by atoms with E-state index in [1.165, 1.54) is 18.7 Å². The van der Waals surface area contributed by atoms with Gasteiger partial charge in [-0.25, -0.2) is 4.79 Å². The highest BCUT2D eigenvalue weighted by atomic mass is 16.5. The summed E-state index contributed by atoms with van der Waals surface area (Å²) in [5.74, 6) is 0.451. The van der Waals surface area contributed by atoms with E-state index in [2.05, 4.69) is 16.9 Å². The van der Waals surface area contributed by atoms with Crippen molar-refractivity contribution in [3.05, 3.63) is 102 Å². The lowest BCUT2D eigenvalue weighted by molar-refractivity contribution is -0.134. The number of methoxy groups -OCH3 is 2. The second kappa shape index (κ2) is 10.8. The van der Waals surface area contributed by atoms with Crippen LogP contribution in [0.5, 0.6) is 5.75 Å². The number of rotatable bonds is 9. The van der Waals surface area contributed by atoms with Crippen molar-refractivity contribution >= 4 is 23.6 Å². The van der Waals surface area contributed by atoms with Gasteiger partial charge in [0.05, 0.1) is 26.2 Å². The van der Waals surface area contributed by atoms with Gasteiger partial charge in [0.15, 0.2) is 0 Å². The summed E-state index contributed by atoms with van der Waals surface area (Å²) in [7, 11) is 2.99. The molecular formula is C29H29NO4. The smallest absolute Gasteiger partial charge is 0.330 e. The lowest BCUT2D eigenvalue weighted by Crippen LogP contribution is -2.55. The zero-order chi connectivity index (χ0) is 23.9. The minimum Gasteiger partial charge on any atom is -0.497 e. The van der Waals surface area contributed by atoms with Gasteiger partial charge in [-0.3, -0.25) is 4.79 Å². The molecule has 1 heterocycles. The van der Waals surface area contributed by atoms with Gasteiger partial charge in [0.2, 0.25) is 5.91 Å². The van der Waals surface area contributed by atoms with Crippen LogP contribution in [-0.4, -0.2) is 26.1 Å². The molecule has 1 saturated heterocycles. The number of benzene rings is 3. The molecule has 3 aromatic rings. The third-order valence-electron chi connectivity index (χ3n) is 6.28. The fourth-order valence-corrected chi connectivity index (χ4v) is 4.45. The van der Waals surface area contributed by atoms with E-state index in [-0.39, 0.29) is 17.9 Å². The number of β-lactam (4-membered cyclic amide) rings is 1. The van der Waals surface area contributed by atoms with E-state index >= 15 is 0 Å². The number of hydrogen-bond acceptors (Lipinski definition) is 4. The van der Waals surface area contributed by atoms with Crippen LogP contribution >= 0.6 is 0 Å². The molecule has 1 fully saturated rings. The maximum atomic E-state index is 13.3. The number of esters is 1. The minimum atomic E-state index is -0.391. The van der Waals surface area contributed by atoms with Crippen LogP contribution in [0.2, 0.25) is 0 Å². The maximum Gasteiger partial charge on any atom is 0.330 e. The highest BCUT2D eigenvalue weighted by Gasteiger charge is 2.48. The van der Waals surface area contributed by atoms with Gasteiger partial charge in [-0.2, -0.15) is 0 Å². The quantitative estimate of drug-likeness (QED) is 0.239. The van der Waals surface area contributed by atoms with E-state index in [1.807, 2.05) is 71.6 Å². The Morgan fingerprint density at radius 3 is 2.29 bits per heavy atom. The second-order valence-corrected chi connectivity index (χ2v) is 8.36. The van der Waals surface area contributed by atoms with Crippen molar-refractivity contribution in [1.82, 2.24) is 0 Å². The van der Waals surface area contributed by atoms with Crippen LogP contribution in [0.1, 0.15) is 35.6 Å². The summed E-state index contributed by atoms with van der Waals surface area (Å²) in [6.45, 7) is 0. The van der Waals surface area contributed by atoms with Crippen LogP contribution in [0.15, 0.2) is 84.9 Å². The Kier molecular flexibility index (Phi) is 7.43. The van der Waals surface area contributed by atoms with Gasteiger partial charge in [0.25, 0.3) is 0 Å². The second-order valence-electron chi connectivity index (χ2n) is 8.36. The van der Waals surface area contributed by atoms with Crippen molar-refractivity contribution < 1.29 is 19.1 Å². The van der Waals surface area contributed by atoms with Gasteiger partial charge in [0, 0.05) is 11.8 Å². The van der Waals surface area contributed by atoms with Crippen LogP contribution < -0.4 is 9.64 Å². The Labute approximate surface area is 200 Å². The lowest BCUT2D eigenvalue weighted by Gasteiger charge is -2.47. The average Bonchev–Trinajstić information content (AvgIpc) is 2.89. The number of carbonyl (C=O) groups is 2. The van der Waals surface area contributed by atoms with Crippen molar-refractivity contribution in [1.29, 1.82) is 0 Å². The Bertz CT molecular complexity index is 1140. The van der Waals surface area contributed by atoms with Gasteiger partial charge < -0.3 is 14.4 Å². The summed E-state index contributed by atoms with van der Waals surface area (Å²) in [5.41, 5.74) is 4.14. The SMILES string of the molecule is COC(=O)C=Cc1ccc(C2[C@@H](CCCc3ccccc3)C(=O)N2c2ccc(OC)cc2)cc1. The molecule has 0 aromatic heterocycles. The molecule has 1 aliphatic rings. The Morgan fingerprint density at radius 1 is 0.941 bits per heavy atom. The zero-order valence-corrected chi connectivity index (χ0v) is 19.5. The maximum absolute atomic E-state index is 13.3. The molecule has 0 spiro atoms. The fraction of sp³-hybridized carbons (Fsp3) is 0.241. The summed E-state index contributed by atoms with van der Waals surface area (Å²) >= 11 is 0. The first-order valence-corrected chi connectivity index (χ1v) is 11.5. The summed E-state index contributed by atoms with van der Waals surface area (Å²) in [6.07, 6.45) is 5.86. The first-order chi connectivity index (χ1) is 16.6. The average molecular weight is 456 g/mol. The van der Waals surface area contributed by atoms with E-state index in [0.717, 1.165) is 41.8 Å². The molecule has 0 saturated carbocycles. The number of ether oxygens (including phenoxy) is 2. The Balaban J connectivity index is 1.54. The van der Waals surface area contributed by atoms with Gasteiger partial charge in [-0.05, 0) is 66.3 Å². The van der Waals surface area contributed by atoms with Crippen molar-refractivity contribution in [2.75, 3.05) is 19.1 Å². The number of amides is 1. The van der Waals surface area contributed by atoms with Crippen LogP contribution in [0.3, 0.4) is 0 Å². The molecule has 0 N–H and O–H groups in total. The summed E-state index contributed by atoms with van der Waals surface area (Å²) in [5, 5.41) is 0. The number of anilines is 1. The summed E-state index contributed by atoms with van der Waals surface area (Å²) < 4.78 is 9.93. The van der Waals surface area contributed by atoms with Crippen LogP contribution in [0, 0.1) is 5.92 Å². The Hall–Kier alpha value is -3.86. The van der Waals surface area contributed by atoms with Crippen LogP contribution in [0.25, 0.3) is 6.08 Å². The van der Waals surface area contributed by atoms with E-state index in [0.29, 0.717) is 0 Å². The largest absolute Gasteiger partial charge is 0.497 e. The molecular weight excluding hydrogens is 426 g/mol. The molecule has 1 aliphatic heterocycles. The van der Waals surface area contributed by atoms with Gasteiger partial charge in [-0.1, -0.05) is 54.6 Å². The molecule has 0 radical (unpaired) electrons. The molecule has 0 aliphatic carbocycles. The molecule has 34 heavy (non-hydrogen) atoms. The van der Waals surface area contributed by atoms with Crippen LogP contribution in [0.4, 0.5) is 5.69 Å². The minimum absolute atomic E-state index is 0.0321. The van der Waals surface area contributed by atoms with Crippen molar-refractivity contribution in [3.8, 4) is 5.75 Å². The van der Waals surface area contributed by atoms with Crippen LogP contribution in [-0.2, 0) is 20.7 Å². The van der Waals surface area contributed by atoms with E-state index in [9.17, 15) is 9.59 Å². The molecule has 0 bridgehead atoms. The topological polar surface area (TPSA) is 55.8 Å². The van der Waals surface area contributed by atoms with Gasteiger partial charge >= 0.3 is 5.97 Å². The Morgan fingerprint density at radius 2 is 1.65 bits per heavy atom. The zero-order valence-electron chi connectivity index (χ0n) is 19.5. The molecule has 5 heteroatoms. The van der Waals surface area contributed by atoms with Gasteiger partial charge in [-0.15, -0.1) is 0 Å². The molecule has 3 aromatic carbocycles. The lowest BCUT2D eigenvalue weighted by atomic mass is 9.78. The van der Waals surface area contributed by atoms with Crippen molar-refractivity contribution in [2.24, 2.45) is 5.92 Å². The third kappa shape index (κ3) is 5.20. The van der Waals surface area contributed by atoms with E-state index in [1.54, 1.807) is 13.2 Å². The standard InChI is InChI=1S/C29H29NO4/c1-33-25-18-16-24(17-19-25)30-28(23-14-11-22(12-15-23)13-20-27(31)34-2)26(29(30)32)10-6-9-21-7-4-3-5-8-21/h3-5,7-8,11-20,26,28H,6,9-10H2,1-2H3/t26-,28?/m1/s1. The van der Waals surface area contributed by atoms with E-state index < -0.39 is 5.97 Å². The number of hydrogen-bond donors (Lipinski definition) is 0. The first-order valence-electron chi connectivity index (χ1n) is 11.5. The first kappa shape index (κ1) is 23.3. The number of carbonyl (C=O) groups excluding carboxylic acids is 2. The molecule has 4 rings (SSSR count). The normalized spacial score (nSPS) is 17.5. The molecule has 174 valence electrons. The predicted octanol–water partition coefficient (Wildman–Crippen LogP) is 5.61.